The molecule has 0 amide bonds. The molecular formula is C28H54O6S2Sn. The van der Waals surface area contributed by atoms with Gasteiger partial charge in [-0.25, -0.2) is 0 Å². The van der Waals surface area contributed by atoms with Crippen LogP contribution in [-0.2, 0) is 28.7 Å². The van der Waals surface area contributed by atoms with Crippen LogP contribution in [0.25, 0.3) is 0 Å². The second-order valence-electron chi connectivity index (χ2n) is 8.66. The molecule has 37 heavy (non-hydrogen) atoms. The molecular weight excluding hydrogens is 615 g/mol. The number of rotatable bonds is 24. The molecule has 9 heteroatoms. The fourth-order valence-corrected chi connectivity index (χ4v) is 7.25. The van der Waals surface area contributed by atoms with E-state index >= 15 is 0 Å². The Kier molecular flexibility index (Phi) is 44.9. The number of hydrogen-bond donors (Lipinski definition) is 2. The van der Waals surface area contributed by atoms with Gasteiger partial charge < -0.3 is 19.1 Å². The molecule has 0 aliphatic heterocycles. The van der Waals surface area contributed by atoms with Gasteiger partial charge in [0.2, 0.25) is 0 Å². The number of aldehydes is 2. The van der Waals surface area contributed by atoms with Crippen molar-refractivity contribution in [2.45, 2.75) is 125 Å². The van der Waals surface area contributed by atoms with Crippen molar-refractivity contribution >= 4 is 70.9 Å². The molecule has 0 bridgehead atoms. The zero-order valence-electron chi connectivity index (χ0n) is 23.6. The van der Waals surface area contributed by atoms with Gasteiger partial charge in [-0.2, -0.15) is 25.3 Å². The first-order valence-corrected chi connectivity index (χ1v) is 19.4. The van der Waals surface area contributed by atoms with Crippen LogP contribution in [-0.4, -0.2) is 70.4 Å². The van der Waals surface area contributed by atoms with Gasteiger partial charge in [-0.15, -0.1) is 0 Å². The molecule has 0 aromatic rings. The number of carbonyl (C=O) groups excluding carboxylic acids is 4. The minimum atomic E-state index is -0.255. The maximum atomic E-state index is 10.6. The van der Waals surface area contributed by atoms with Crippen molar-refractivity contribution in [3.63, 3.8) is 0 Å². The molecule has 0 N–H and O–H groups in total. The summed E-state index contributed by atoms with van der Waals surface area (Å²) in [6.45, 7) is 5.57. The van der Waals surface area contributed by atoms with Crippen LogP contribution >= 0.6 is 25.3 Å². The van der Waals surface area contributed by atoms with E-state index in [0.29, 0.717) is 26.1 Å². The molecule has 0 spiro atoms. The number of hydrogen-bond acceptors (Lipinski definition) is 8. The van der Waals surface area contributed by atoms with E-state index in [4.69, 9.17) is 9.47 Å². The van der Waals surface area contributed by atoms with E-state index in [1.165, 1.54) is 25.7 Å². The molecule has 0 rings (SSSR count). The molecule has 0 aromatic heterocycles. The van der Waals surface area contributed by atoms with Crippen molar-refractivity contribution in [2.24, 2.45) is 0 Å². The summed E-state index contributed by atoms with van der Waals surface area (Å²) in [5.74, 6) is -0.206. The molecule has 0 saturated carbocycles. The summed E-state index contributed by atoms with van der Waals surface area (Å²) in [5.41, 5.74) is 0. The van der Waals surface area contributed by atoms with E-state index in [9.17, 15) is 19.2 Å². The van der Waals surface area contributed by atoms with Crippen LogP contribution in [0, 0.1) is 0 Å². The summed E-state index contributed by atoms with van der Waals surface area (Å²) in [5, 5.41) is 0. The second kappa shape index (κ2) is 40.3. The zero-order chi connectivity index (χ0) is 28.2. The molecule has 218 valence electrons. The Morgan fingerprint density at radius 2 is 0.946 bits per heavy atom. The Hall–Kier alpha value is -0.221. The van der Waals surface area contributed by atoms with Gasteiger partial charge >= 0.3 is 81.5 Å². The summed E-state index contributed by atoms with van der Waals surface area (Å²) < 4.78 is 12.9. The Bertz CT molecular complexity index is 453. The number of unbranched alkanes of at least 4 members (excludes halogenated alkanes) is 12. The van der Waals surface area contributed by atoms with Crippen LogP contribution in [0.1, 0.15) is 117 Å². The van der Waals surface area contributed by atoms with Crippen molar-refractivity contribution in [2.75, 3.05) is 24.7 Å². The first-order chi connectivity index (χ1) is 18.0. The van der Waals surface area contributed by atoms with E-state index in [0.717, 1.165) is 76.8 Å². The SMILES string of the molecule is CCC[CH2][Sn][CH2]CCC.O=CCCCCCCCOC(=O)CS.O=CCCCCCCCOC(=O)CS. The van der Waals surface area contributed by atoms with E-state index < -0.39 is 0 Å². The number of thiol groups is 2. The van der Waals surface area contributed by atoms with E-state index in [2.05, 4.69) is 39.1 Å². The average molecular weight is 670 g/mol. The van der Waals surface area contributed by atoms with Crippen molar-refractivity contribution < 1.29 is 28.7 Å². The minimum absolute atomic E-state index is 0.149. The number of esters is 2. The van der Waals surface area contributed by atoms with Gasteiger partial charge in [0.05, 0.1) is 24.7 Å². The fourth-order valence-electron chi connectivity index (χ4n) is 2.91. The molecule has 0 saturated heterocycles. The first-order valence-electron chi connectivity index (χ1n) is 14.1. The van der Waals surface area contributed by atoms with E-state index in [1.807, 2.05) is 0 Å². The van der Waals surface area contributed by atoms with Gasteiger partial charge in [-0.3, -0.25) is 9.59 Å². The summed E-state index contributed by atoms with van der Waals surface area (Å²) in [6, 6.07) is 0. The normalized spacial score (nSPS) is 9.84. The Morgan fingerprint density at radius 3 is 1.27 bits per heavy atom. The largest absolute Gasteiger partial charge is 0.465 e. The summed E-state index contributed by atoms with van der Waals surface area (Å²) in [7, 11) is 0. The number of ether oxygens (including phenoxy) is 2. The Labute approximate surface area is 248 Å². The van der Waals surface area contributed by atoms with Gasteiger partial charge in [-0.05, 0) is 25.7 Å². The molecule has 0 fully saturated rings. The summed E-state index contributed by atoms with van der Waals surface area (Å²) in [4.78, 5) is 41.3. The fraction of sp³-hybridized carbons (Fsp3) is 0.857. The molecule has 0 aromatic carbocycles. The minimum Gasteiger partial charge on any atom is -0.465 e. The third-order valence-corrected chi connectivity index (χ3v) is 9.68. The van der Waals surface area contributed by atoms with Crippen molar-refractivity contribution in [3.05, 3.63) is 0 Å². The van der Waals surface area contributed by atoms with Crippen molar-refractivity contribution in [1.82, 2.24) is 0 Å². The Morgan fingerprint density at radius 1 is 0.595 bits per heavy atom. The summed E-state index contributed by atoms with van der Waals surface area (Å²) >= 11 is 7.73. The van der Waals surface area contributed by atoms with Gasteiger partial charge in [0.25, 0.3) is 0 Å². The Balaban J connectivity index is -0.000000481. The molecule has 0 aliphatic carbocycles. The van der Waals surface area contributed by atoms with Gasteiger partial charge in [0.1, 0.15) is 12.6 Å². The standard InChI is InChI=1S/2C10H18O3S.2C4H9.Sn/c2*11-7-5-3-1-2-4-6-8-13-10(12)9-14;2*1-3-4-2;/h2*7,14H,1-6,8-9H2;2*1,3-4H2,2H3;. The van der Waals surface area contributed by atoms with Crippen LogP contribution < -0.4 is 0 Å². The maximum Gasteiger partial charge on any atom is 0.315 e. The molecule has 2 radical (unpaired) electrons. The smallest absolute Gasteiger partial charge is 0.315 e. The molecule has 6 nitrogen and oxygen atoms in total. The van der Waals surface area contributed by atoms with Crippen LogP contribution in [0.5, 0.6) is 0 Å². The molecule has 0 aliphatic rings. The average Bonchev–Trinajstić information content (AvgIpc) is 2.92. The van der Waals surface area contributed by atoms with E-state index in [-0.39, 0.29) is 44.6 Å². The van der Waals surface area contributed by atoms with Crippen LogP contribution in [0.4, 0.5) is 0 Å². The summed E-state index contributed by atoms with van der Waals surface area (Å²) in [6.07, 6.45) is 19.3. The van der Waals surface area contributed by atoms with Gasteiger partial charge in [0.15, 0.2) is 0 Å². The van der Waals surface area contributed by atoms with Gasteiger partial charge in [-0.1, -0.05) is 38.5 Å². The molecule has 0 unspecified atom stereocenters. The maximum absolute atomic E-state index is 10.6. The topological polar surface area (TPSA) is 86.7 Å². The van der Waals surface area contributed by atoms with E-state index in [1.54, 1.807) is 8.87 Å². The predicted molar refractivity (Wildman–Crippen MR) is 162 cm³/mol. The predicted octanol–water partition coefficient (Wildman–Crippen LogP) is 7.13. The quantitative estimate of drug-likeness (QED) is 0.0374. The third kappa shape index (κ3) is 46.0. The van der Waals surface area contributed by atoms with Crippen LogP contribution in [0.3, 0.4) is 0 Å². The van der Waals surface area contributed by atoms with Crippen LogP contribution in [0.2, 0.25) is 8.87 Å². The zero-order valence-corrected chi connectivity index (χ0v) is 28.2. The van der Waals surface area contributed by atoms with Crippen molar-refractivity contribution in [1.29, 1.82) is 0 Å². The van der Waals surface area contributed by atoms with Gasteiger partial charge in [0, 0.05) is 12.8 Å². The first kappa shape index (κ1) is 41.3. The van der Waals surface area contributed by atoms with Crippen LogP contribution in [0.15, 0.2) is 0 Å². The third-order valence-electron chi connectivity index (χ3n) is 5.13. The number of carbonyl (C=O) groups is 4. The monoisotopic (exact) mass is 670 g/mol. The van der Waals surface area contributed by atoms with Crippen molar-refractivity contribution in [3.8, 4) is 0 Å². The second-order valence-corrected chi connectivity index (χ2v) is 13.6. The molecule has 0 atom stereocenters. The molecule has 0 heterocycles.